The summed E-state index contributed by atoms with van der Waals surface area (Å²) in [5.41, 5.74) is 0.703. The first-order valence-electron chi connectivity index (χ1n) is 7.25. The molecular formula is C16H25IO3. The van der Waals surface area contributed by atoms with Crippen LogP contribution in [-0.4, -0.2) is 16.0 Å². The summed E-state index contributed by atoms with van der Waals surface area (Å²) in [6.07, 6.45) is 7.83. The Kier molecular flexibility index (Phi) is 7.62. The Labute approximate surface area is 135 Å². The number of hydrogen-bond donors (Lipinski definition) is 0. The van der Waals surface area contributed by atoms with Crippen LogP contribution in [-0.2, 0) is 22.4 Å². The second-order valence-corrected chi connectivity index (χ2v) is 7.06. The molecule has 0 aliphatic rings. The minimum Gasteiger partial charge on any atom is -0.468 e. The zero-order chi connectivity index (χ0) is 15.0. The smallest absolute Gasteiger partial charge is 0.314 e. The summed E-state index contributed by atoms with van der Waals surface area (Å²) in [6.45, 7) is 5.63. The number of unbranched alkanes of at least 4 members (excludes halogenated alkanes) is 3. The topological polar surface area (TPSA) is 39.4 Å². The van der Waals surface area contributed by atoms with Gasteiger partial charge in [-0.15, -0.1) is 0 Å². The van der Waals surface area contributed by atoms with Crippen LogP contribution < -0.4 is 0 Å². The fourth-order valence-electron chi connectivity index (χ4n) is 2.02. The number of alkyl halides is 1. The largest absolute Gasteiger partial charge is 0.468 e. The number of carbonyl (C=O) groups is 1. The summed E-state index contributed by atoms with van der Waals surface area (Å²) in [5.74, 6) is 0.534. The molecule has 114 valence electrons. The van der Waals surface area contributed by atoms with Crippen LogP contribution in [0.15, 0.2) is 16.7 Å². The van der Waals surface area contributed by atoms with Gasteiger partial charge in [-0.25, -0.2) is 0 Å². The zero-order valence-electron chi connectivity index (χ0n) is 12.7. The summed E-state index contributed by atoms with van der Waals surface area (Å²) in [6, 6.07) is 1.97. The molecule has 0 aliphatic heterocycles. The van der Waals surface area contributed by atoms with Gasteiger partial charge >= 0.3 is 5.97 Å². The van der Waals surface area contributed by atoms with Gasteiger partial charge in [-0.05, 0) is 56.1 Å². The molecule has 0 bridgehead atoms. The molecule has 0 fully saturated rings. The Balaban J connectivity index is 2.40. The maximum Gasteiger partial charge on any atom is 0.314 e. The number of ether oxygens (including phenoxy) is 1. The van der Waals surface area contributed by atoms with Gasteiger partial charge in [-0.2, -0.15) is 0 Å². The molecular weight excluding hydrogens is 367 g/mol. The van der Waals surface area contributed by atoms with Gasteiger partial charge in [-0.1, -0.05) is 35.4 Å². The van der Waals surface area contributed by atoms with Crippen molar-refractivity contribution in [2.24, 2.45) is 0 Å². The molecule has 0 aromatic carbocycles. The molecule has 3 nitrogen and oxygen atoms in total. The van der Waals surface area contributed by atoms with E-state index in [9.17, 15) is 4.79 Å². The fraction of sp³-hybridized carbons (Fsp3) is 0.688. The molecule has 0 unspecified atom stereocenters. The third-order valence-corrected chi connectivity index (χ3v) is 3.66. The van der Waals surface area contributed by atoms with E-state index in [1.807, 2.05) is 26.8 Å². The molecule has 4 heteroatoms. The number of rotatable bonds is 8. The number of aryl methyl sites for hydroxylation is 1. The Morgan fingerprint density at radius 1 is 1.25 bits per heavy atom. The molecule has 0 N–H and O–H groups in total. The lowest BCUT2D eigenvalue weighted by Gasteiger charge is -2.19. The molecule has 0 saturated carbocycles. The molecule has 0 radical (unpaired) electrons. The first-order valence-corrected chi connectivity index (χ1v) is 8.78. The van der Waals surface area contributed by atoms with Gasteiger partial charge < -0.3 is 9.15 Å². The van der Waals surface area contributed by atoms with Crippen molar-refractivity contribution >= 4 is 28.6 Å². The lowest BCUT2D eigenvalue weighted by atomic mass is 10.1. The van der Waals surface area contributed by atoms with Crippen molar-refractivity contribution in [2.75, 3.05) is 4.43 Å². The Hall–Kier alpha value is -0.520. The summed E-state index contributed by atoms with van der Waals surface area (Å²) < 4.78 is 12.0. The zero-order valence-corrected chi connectivity index (χ0v) is 14.9. The van der Waals surface area contributed by atoms with Crippen LogP contribution in [0, 0.1) is 0 Å². The van der Waals surface area contributed by atoms with Gasteiger partial charge in [-0.3, -0.25) is 4.79 Å². The standard InChI is InChI=1S/C16H25IO3/c1-16(2,3)20-15(18)12-14-13(9-11-19-14)8-6-4-5-7-10-17/h9,11H,4-8,10,12H2,1-3H3. The maximum atomic E-state index is 11.8. The van der Waals surface area contributed by atoms with Crippen molar-refractivity contribution < 1.29 is 13.9 Å². The van der Waals surface area contributed by atoms with Gasteiger partial charge in [0.05, 0.1) is 6.26 Å². The van der Waals surface area contributed by atoms with Crippen molar-refractivity contribution in [1.82, 2.24) is 0 Å². The fourth-order valence-corrected chi connectivity index (χ4v) is 2.56. The van der Waals surface area contributed by atoms with Crippen LogP contribution in [0.4, 0.5) is 0 Å². The molecule has 0 amide bonds. The molecule has 20 heavy (non-hydrogen) atoms. The number of furan rings is 1. The van der Waals surface area contributed by atoms with E-state index in [2.05, 4.69) is 22.6 Å². The van der Waals surface area contributed by atoms with Crippen molar-refractivity contribution in [2.45, 2.75) is 64.9 Å². The molecule has 1 rings (SSSR count). The van der Waals surface area contributed by atoms with Gasteiger partial charge in [0.2, 0.25) is 0 Å². The summed E-state index contributed by atoms with van der Waals surface area (Å²) in [4.78, 5) is 11.8. The van der Waals surface area contributed by atoms with Crippen LogP contribution in [0.2, 0.25) is 0 Å². The van der Waals surface area contributed by atoms with Crippen LogP contribution in [0.5, 0.6) is 0 Å². The highest BCUT2D eigenvalue weighted by atomic mass is 127. The van der Waals surface area contributed by atoms with Crippen molar-refractivity contribution in [3.8, 4) is 0 Å². The molecule has 1 aromatic heterocycles. The minimum absolute atomic E-state index is 0.224. The van der Waals surface area contributed by atoms with Gasteiger partial charge in [0.25, 0.3) is 0 Å². The quantitative estimate of drug-likeness (QED) is 0.279. The second kappa shape index (κ2) is 8.70. The molecule has 1 heterocycles. The van der Waals surface area contributed by atoms with E-state index in [0.717, 1.165) is 24.2 Å². The van der Waals surface area contributed by atoms with Gasteiger partial charge in [0.1, 0.15) is 17.8 Å². The first kappa shape index (κ1) is 17.5. The Bertz CT molecular complexity index is 404. The van der Waals surface area contributed by atoms with E-state index in [1.54, 1.807) is 6.26 Å². The highest BCUT2D eigenvalue weighted by Crippen LogP contribution is 2.17. The number of halogens is 1. The SMILES string of the molecule is CC(C)(C)OC(=O)Cc1occc1CCCCCCI. The van der Waals surface area contributed by atoms with Crippen molar-refractivity contribution in [1.29, 1.82) is 0 Å². The minimum atomic E-state index is -0.441. The van der Waals surface area contributed by atoms with E-state index in [-0.39, 0.29) is 12.4 Å². The maximum absolute atomic E-state index is 11.8. The molecule has 1 aromatic rings. The van der Waals surface area contributed by atoms with Crippen LogP contribution in [0.3, 0.4) is 0 Å². The highest BCUT2D eigenvalue weighted by molar-refractivity contribution is 14.1. The average molecular weight is 392 g/mol. The van der Waals surface area contributed by atoms with Crippen molar-refractivity contribution in [3.05, 3.63) is 23.7 Å². The predicted molar refractivity (Wildman–Crippen MR) is 89.3 cm³/mol. The lowest BCUT2D eigenvalue weighted by molar-refractivity contribution is -0.154. The van der Waals surface area contributed by atoms with Gasteiger partial charge in [0, 0.05) is 0 Å². The summed E-state index contributed by atoms with van der Waals surface area (Å²) in [5, 5.41) is 0. The van der Waals surface area contributed by atoms with Crippen molar-refractivity contribution in [3.63, 3.8) is 0 Å². The molecule has 0 aliphatic carbocycles. The number of esters is 1. The third-order valence-electron chi connectivity index (χ3n) is 2.89. The Morgan fingerprint density at radius 3 is 2.60 bits per heavy atom. The Morgan fingerprint density at radius 2 is 1.95 bits per heavy atom. The second-order valence-electron chi connectivity index (χ2n) is 5.99. The van der Waals surface area contributed by atoms with Crippen LogP contribution in [0.25, 0.3) is 0 Å². The van der Waals surface area contributed by atoms with Gasteiger partial charge in [0.15, 0.2) is 0 Å². The number of carbonyl (C=O) groups excluding carboxylic acids is 1. The van der Waals surface area contributed by atoms with E-state index < -0.39 is 5.60 Å². The highest BCUT2D eigenvalue weighted by Gasteiger charge is 2.19. The van der Waals surface area contributed by atoms with E-state index >= 15 is 0 Å². The van der Waals surface area contributed by atoms with E-state index in [4.69, 9.17) is 9.15 Å². The average Bonchev–Trinajstić information content (AvgIpc) is 2.74. The molecule has 0 atom stereocenters. The summed E-state index contributed by atoms with van der Waals surface area (Å²) >= 11 is 2.41. The first-order chi connectivity index (χ1) is 9.42. The predicted octanol–water partition coefficient (Wildman–Crippen LogP) is 4.70. The van der Waals surface area contributed by atoms with E-state index in [1.165, 1.54) is 23.7 Å². The normalized spacial score (nSPS) is 11.6. The van der Waals surface area contributed by atoms with Crippen LogP contribution >= 0.6 is 22.6 Å². The summed E-state index contributed by atoms with van der Waals surface area (Å²) in [7, 11) is 0. The molecule has 0 saturated heterocycles. The monoisotopic (exact) mass is 392 g/mol. The lowest BCUT2D eigenvalue weighted by Crippen LogP contribution is -2.25. The van der Waals surface area contributed by atoms with Crippen LogP contribution in [0.1, 0.15) is 57.8 Å². The van der Waals surface area contributed by atoms with E-state index in [0.29, 0.717) is 0 Å². The number of hydrogen-bond acceptors (Lipinski definition) is 3. The molecule has 0 spiro atoms. The third kappa shape index (κ3) is 7.31.